The summed E-state index contributed by atoms with van der Waals surface area (Å²) in [5.41, 5.74) is -0.978. The number of aliphatic hydroxyl groups excluding tert-OH is 2. The number of methoxy groups -OCH3 is 1. The molecule has 18 heteroatoms. The molecule has 0 bridgehead atoms. The Morgan fingerprint density at radius 1 is 1.32 bits per heavy atom. The van der Waals surface area contributed by atoms with E-state index in [4.69, 9.17) is 51.7 Å². The van der Waals surface area contributed by atoms with Crippen molar-refractivity contribution in [2.24, 2.45) is 11.1 Å². The topological polar surface area (TPSA) is 211 Å². The van der Waals surface area contributed by atoms with Gasteiger partial charge in [0.25, 0.3) is 5.56 Å². The first-order valence-electron chi connectivity index (χ1n) is 12.2. The van der Waals surface area contributed by atoms with Gasteiger partial charge in [-0.25, -0.2) is 9.36 Å². The fraction of sp³-hybridized carbons (Fsp3) is 0.522. The Bertz CT molecular complexity index is 1400. The van der Waals surface area contributed by atoms with Gasteiger partial charge in [0.2, 0.25) is 0 Å². The highest BCUT2D eigenvalue weighted by Crippen LogP contribution is 2.45. The molecule has 0 amide bonds. The number of hydrogen-bond donors (Lipinski definition) is 5. The third-order valence-electron chi connectivity index (χ3n) is 6.10. The third-order valence-corrected chi connectivity index (χ3v) is 7.74. The molecule has 3 rings (SSSR count). The molecule has 1 fully saturated rings. The molecule has 1 aromatic carbocycles. The number of hydrogen-bond acceptors (Lipinski definition) is 12. The SMILES string of the molecule is COc1cc(Cl)c(C=NO[C@@H]2C[C@H](n3cc(C)c(=O)[nH]c3=O)O[C@@H]2COP(=O)(O)OCC(CO)CCO)c(Cl)c1O. The Morgan fingerprint density at radius 3 is 2.71 bits per heavy atom. The molecule has 0 radical (unpaired) electrons. The van der Waals surface area contributed by atoms with Gasteiger partial charge >= 0.3 is 13.5 Å². The summed E-state index contributed by atoms with van der Waals surface area (Å²) in [7, 11) is -3.31. The first kappa shape index (κ1) is 33.0. The fourth-order valence-electron chi connectivity index (χ4n) is 3.78. The van der Waals surface area contributed by atoms with Crippen LogP contribution in [0, 0.1) is 12.8 Å². The van der Waals surface area contributed by atoms with E-state index in [1.165, 1.54) is 26.3 Å². The summed E-state index contributed by atoms with van der Waals surface area (Å²) in [6.07, 6.45) is -0.448. The number of aryl methyl sites for hydroxylation is 1. The molecule has 2 aromatic rings. The molecule has 0 aliphatic carbocycles. The normalized spacial score (nSPS) is 21.2. The second-order valence-corrected chi connectivity index (χ2v) is 11.2. The Hall–Kier alpha value is -2.46. The number of nitrogens with zero attached hydrogens (tertiary/aromatic N) is 2. The highest BCUT2D eigenvalue weighted by atomic mass is 35.5. The zero-order chi connectivity index (χ0) is 30.3. The molecule has 0 spiro atoms. The zero-order valence-corrected chi connectivity index (χ0v) is 24.3. The van der Waals surface area contributed by atoms with Crippen LogP contribution < -0.4 is 16.0 Å². The van der Waals surface area contributed by atoms with Crippen LogP contribution in [0.15, 0.2) is 27.0 Å². The number of phenolic OH excluding ortho intramolecular Hbond substituents is 1. The summed E-state index contributed by atoms with van der Waals surface area (Å²) in [5.74, 6) is -0.918. The number of aromatic amines is 1. The average molecular weight is 642 g/mol. The minimum absolute atomic E-state index is 0.00818. The quantitative estimate of drug-likeness (QED) is 0.113. The lowest BCUT2D eigenvalue weighted by Crippen LogP contribution is -2.33. The van der Waals surface area contributed by atoms with Gasteiger partial charge < -0.3 is 34.5 Å². The zero-order valence-electron chi connectivity index (χ0n) is 21.9. The molecule has 1 aliphatic heterocycles. The van der Waals surface area contributed by atoms with Crippen molar-refractivity contribution in [2.75, 3.05) is 33.5 Å². The molecule has 1 saturated heterocycles. The molecule has 15 nitrogen and oxygen atoms in total. The van der Waals surface area contributed by atoms with Crippen LogP contribution >= 0.6 is 31.0 Å². The molecule has 41 heavy (non-hydrogen) atoms. The van der Waals surface area contributed by atoms with Gasteiger partial charge in [-0.1, -0.05) is 28.4 Å². The number of nitrogens with one attached hydrogen (secondary N) is 1. The minimum atomic E-state index is -4.64. The molecule has 2 unspecified atom stereocenters. The number of phosphoric acid groups is 1. The number of aromatic nitrogens is 2. The van der Waals surface area contributed by atoms with Crippen molar-refractivity contribution in [2.45, 2.75) is 38.2 Å². The highest BCUT2D eigenvalue weighted by Gasteiger charge is 2.40. The van der Waals surface area contributed by atoms with Crippen LogP contribution in [-0.2, 0) is 23.2 Å². The number of phenols is 1. The molecule has 1 aliphatic rings. The van der Waals surface area contributed by atoms with E-state index >= 15 is 0 Å². The van der Waals surface area contributed by atoms with Crippen LogP contribution in [0.5, 0.6) is 11.5 Å². The molecule has 5 atom stereocenters. The summed E-state index contributed by atoms with van der Waals surface area (Å²) in [4.78, 5) is 42.0. The lowest BCUT2D eigenvalue weighted by Gasteiger charge is -2.20. The molecule has 2 heterocycles. The van der Waals surface area contributed by atoms with Gasteiger partial charge in [0.05, 0.1) is 36.6 Å². The largest absolute Gasteiger partial charge is 0.503 e. The number of halogens is 2. The maximum absolute atomic E-state index is 12.4. The first-order chi connectivity index (χ1) is 19.4. The number of ether oxygens (including phenoxy) is 2. The van der Waals surface area contributed by atoms with Crippen molar-refractivity contribution in [3.05, 3.63) is 54.3 Å². The molecule has 1 aromatic heterocycles. The summed E-state index contributed by atoms with van der Waals surface area (Å²) in [6.45, 7) is -0.0365. The molecule has 0 saturated carbocycles. The van der Waals surface area contributed by atoms with Crippen molar-refractivity contribution in [3.63, 3.8) is 0 Å². The summed E-state index contributed by atoms with van der Waals surface area (Å²) < 4.78 is 34.4. The number of benzene rings is 1. The summed E-state index contributed by atoms with van der Waals surface area (Å²) >= 11 is 12.4. The second kappa shape index (κ2) is 14.6. The van der Waals surface area contributed by atoms with Gasteiger partial charge in [-0.3, -0.25) is 23.4 Å². The van der Waals surface area contributed by atoms with Crippen LogP contribution in [0.25, 0.3) is 0 Å². The Morgan fingerprint density at radius 2 is 2.05 bits per heavy atom. The second-order valence-electron chi connectivity index (χ2n) is 8.98. The third kappa shape index (κ3) is 8.53. The molecular weight excluding hydrogens is 612 g/mol. The maximum atomic E-state index is 12.4. The number of H-pyrrole nitrogens is 1. The van der Waals surface area contributed by atoms with E-state index in [0.717, 1.165) is 10.8 Å². The number of aliphatic hydroxyl groups is 2. The first-order valence-corrected chi connectivity index (χ1v) is 14.4. The predicted molar refractivity (Wildman–Crippen MR) is 146 cm³/mol. The molecular formula is C23H30Cl2N3O12P. The van der Waals surface area contributed by atoms with Gasteiger partial charge in [-0.15, -0.1) is 0 Å². The van der Waals surface area contributed by atoms with Gasteiger partial charge in [0.15, 0.2) is 17.6 Å². The number of phosphoric ester groups is 1. The van der Waals surface area contributed by atoms with E-state index in [-0.39, 0.29) is 65.3 Å². The van der Waals surface area contributed by atoms with Gasteiger partial charge in [-0.05, 0) is 13.3 Å². The molecule has 5 N–H and O–H groups in total. The van der Waals surface area contributed by atoms with E-state index in [1.54, 1.807) is 0 Å². The van der Waals surface area contributed by atoms with E-state index < -0.39 is 50.0 Å². The van der Waals surface area contributed by atoms with Crippen molar-refractivity contribution in [1.29, 1.82) is 0 Å². The van der Waals surface area contributed by atoms with E-state index in [2.05, 4.69) is 10.1 Å². The summed E-state index contributed by atoms with van der Waals surface area (Å²) in [5, 5.41) is 32.3. The van der Waals surface area contributed by atoms with E-state index in [1.807, 2.05) is 0 Å². The Kier molecular flexibility index (Phi) is 11.8. The van der Waals surface area contributed by atoms with Crippen molar-refractivity contribution in [1.82, 2.24) is 9.55 Å². The number of aromatic hydroxyl groups is 1. The van der Waals surface area contributed by atoms with Crippen LogP contribution in [0.4, 0.5) is 0 Å². The van der Waals surface area contributed by atoms with Crippen LogP contribution in [0.1, 0.15) is 30.2 Å². The lowest BCUT2D eigenvalue weighted by molar-refractivity contribution is -0.0619. The van der Waals surface area contributed by atoms with Crippen molar-refractivity contribution in [3.8, 4) is 11.5 Å². The van der Waals surface area contributed by atoms with Gasteiger partial charge in [-0.2, -0.15) is 0 Å². The van der Waals surface area contributed by atoms with E-state index in [0.29, 0.717) is 0 Å². The van der Waals surface area contributed by atoms with Crippen LogP contribution in [0.2, 0.25) is 10.0 Å². The van der Waals surface area contributed by atoms with Gasteiger partial charge in [0.1, 0.15) is 12.3 Å². The highest BCUT2D eigenvalue weighted by molar-refractivity contribution is 7.47. The maximum Gasteiger partial charge on any atom is 0.472 e. The lowest BCUT2D eigenvalue weighted by atomic mass is 10.1. The number of rotatable bonds is 14. The summed E-state index contributed by atoms with van der Waals surface area (Å²) in [6, 6.07) is 1.32. The smallest absolute Gasteiger partial charge is 0.472 e. The monoisotopic (exact) mass is 641 g/mol. The predicted octanol–water partition coefficient (Wildman–Crippen LogP) is 1.70. The van der Waals surface area contributed by atoms with E-state index in [9.17, 15) is 29.3 Å². The minimum Gasteiger partial charge on any atom is -0.503 e. The average Bonchev–Trinajstić information content (AvgIpc) is 3.34. The number of oxime groups is 1. The Balaban J connectivity index is 1.79. The van der Waals surface area contributed by atoms with Crippen molar-refractivity contribution < 1.29 is 48.1 Å². The molecule has 228 valence electrons. The van der Waals surface area contributed by atoms with Crippen LogP contribution in [0.3, 0.4) is 0 Å². The van der Waals surface area contributed by atoms with Gasteiger partial charge in [0, 0.05) is 48.9 Å². The van der Waals surface area contributed by atoms with Crippen LogP contribution in [-0.4, -0.2) is 81.7 Å². The fourth-order valence-corrected chi connectivity index (χ4v) is 5.13. The van der Waals surface area contributed by atoms with Crippen molar-refractivity contribution >= 4 is 37.2 Å². The Labute approximate surface area is 243 Å². The standard InChI is InChI=1S/C23H30Cl2N3O12P/c1-12-8-28(23(33)27-22(12)32)19-6-16(40-26-7-14-15(24)5-17(36-2)21(31)20(14)25)18(39-19)11-38-41(34,35)37-10-13(9-30)3-4-29/h5,7-8,13,16,18-19,29-31H,3-4,6,9-11H2,1-2H3,(H,34,35)(H,27,32,33)/t13?,16-,18-,19-/m1/s1.